The van der Waals surface area contributed by atoms with E-state index in [-0.39, 0.29) is 11.8 Å². The van der Waals surface area contributed by atoms with Crippen molar-refractivity contribution >= 4 is 34.8 Å². The lowest BCUT2D eigenvalue weighted by Crippen LogP contribution is -2.13. The number of halogens is 1. The zero-order valence-electron chi connectivity index (χ0n) is 12.7. The van der Waals surface area contributed by atoms with Crippen LogP contribution in [-0.4, -0.2) is 11.8 Å². The highest BCUT2D eigenvalue weighted by molar-refractivity contribution is 6.33. The number of benzene rings is 2. The first-order valence-corrected chi connectivity index (χ1v) is 7.20. The second kappa shape index (κ2) is 6.62. The molecule has 2 aromatic rings. The smallest absolute Gasteiger partial charge is 0.255 e. The van der Waals surface area contributed by atoms with E-state index in [1.807, 2.05) is 26.0 Å². The summed E-state index contributed by atoms with van der Waals surface area (Å²) in [5, 5.41) is 5.83. The largest absolute Gasteiger partial charge is 0.325 e. The number of hydrogen-bond acceptors (Lipinski definition) is 2. The van der Waals surface area contributed by atoms with Crippen LogP contribution in [0.4, 0.5) is 11.4 Å². The lowest BCUT2D eigenvalue weighted by atomic mass is 10.1. The van der Waals surface area contributed by atoms with E-state index in [0.717, 1.165) is 11.1 Å². The standard InChI is InChI=1S/C17H17ClN2O2/c1-10-4-5-13(8-11(10)2)17(22)20-14-6-7-15(18)16(9-14)19-12(3)21/h4-9H,1-3H3,(H,19,21)(H,20,22). The summed E-state index contributed by atoms with van der Waals surface area (Å²) < 4.78 is 0. The maximum Gasteiger partial charge on any atom is 0.255 e. The molecule has 0 atom stereocenters. The van der Waals surface area contributed by atoms with Crippen molar-refractivity contribution in [3.63, 3.8) is 0 Å². The van der Waals surface area contributed by atoms with Gasteiger partial charge < -0.3 is 10.6 Å². The van der Waals surface area contributed by atoms with E-state index in [0.29, 0.717) is 22.0 Å². The van der Waals surface area contributed by atoms with Crippen LogP contribution in [0.15, 0.2) is 36.4 Å². The lowest BCUT2D eigenvalue weighted by Gasteiger charge is -2.10. The van der Waals surface area contributed by atoms with Gasteiger partial charge in [0.05, 0.1) is 10.7 Å². The highest BCUT2D eigenvalue weighted by Crippen LogP contribution is 2.26. The second-order valence-electron chi connectivity index (χ2n) is 5.13. The van der Waals surface area contributed by atoms with Crippen molar-refractivity contribution in [3.8, 4) is 0 Å². The SMILES string of the molecule is CC(=O)Nc1cc(NC(=O)c2ccc(C)c(C)c2)ccc1Cl. The minimum absolute atomic E-state index is 0.209. The van der Waals surface area contributed by atoms with Crippen LogP contribution in [0.2, 0.25) is 5.02 Å². The highest BCUT2D eigenvalue weighted by Gasteiger charge is 2.09. The van der Waals surface area contributed by atoms with Crippen LogP contribution in [0.5, 0.6) is 0 Å². The first kappa shape index (κ1) is 16.0. The van der Waals surface area contributed by atoms with Gasteiger partial charge in [0.2, 0.25) is 5.91 Å². The quantitative estimate of drug-likeness (QED) is 0.893. The van der Waals surface area contributed by atoms with Crippen molar-refractivity contribution in [1.82, 2.24) is 0 Å². The van der Waals surface area contributed by atoms with Crippen molar-refractivity contribution in [2.45, 2.75) is 20.8 Å². The summed E-state index contributed by atoms with van der Waals surface area (Å²) in [5.41, 5.74) is 3.81. The van der Waals surface area contributed by atoms with Crippen molar-refractivity contribution in [1.29, 1.82) is 0 Å². The molecule has 0 unspecified atom stereocenters. The van der Waals surface area contributed by atoms with Gasteiger partial charge in [-0.05, 0) is 55.3 Å². The fraction of sp³-hybridized carbons (Fsp3) is 0.176. The van der Waals surface area contributed by atoms with Gasteiger partial charge in [-0.2, -0.15) is 0 Å². The number of amides is 2. The highest BCUT2D eigenvalue weighted by atomic mass is 35.5. The van der Waals surface area contributed by atoms with E-state index in [4.69, 9.17) is 11.6 Å². The summed E-state index contributed by atoms with van der Waals surface area (Å²) in [4.78, 5) is 23.4. The Morgan fingerprint density at radius 1 is 0.955 bits per heavy atom. The average Bonchev–Trinajstić information content (AvgIpc) is 2.45. The van der Waals surface area contributed by atoms with Crippen molar-refractivity contribution in [2.75, 3.05) is 10.6 Å². The van der Waals surface area contributed by atoms with Crippen LogP contribution in [-0.2, 0) is 4.79 Å². The molecule has 0 heterocycles. The van der Waals surface area contributed by atoms with Crippen molar-refractivity contribution in [2.24, 2.45) is 0 Å². The van der Waals surface area contributed by atoms with Crippen LogP contribution >= 0.6 is 11.6 Å². The fourth-order valence-electron chi connectivity index (χ4n) is 1.97. The molecule has 0 bridgehead atoms. The molecule has 2 aromatic carbocycles. The van der Waals surface area contributed by atoms with Crippen molar-refractivity contribution < 1.29 is 9.59 Å². The zero-order chi connectivity index (χ0) is 16.3. The van der Waals surface area contributed by atoms with Crippen LogP contribution in [0.3, 0.4) is 0 Å². The van der Waals surface area contributed by atoms with E-state index >= 15 is 0 Å². The molecule has 0 aliphatic heterocycles. The van der Waals surface area contributed by atoms with Gasteiger partial charge in [-0.25, -0.2) is 0 Å². The third kappa shape index (κ3) is 3.86. The van der Waals surface area contributed by atoms with Gasteiger partial charge in [0, 0.05) is 18.2 Å². The minimum atomic E-state index is -0.223. The topological polar surface area (TPSA) is 58.2 Å². The Hall–Kier alpha value is -2.33. The molecule has 0 radical (unpaired) electrons. The Bertz CT molecular complexity index is 741. The lowest BCUT2D eigenvalue weighted by molar-refractivity contribution is -0.114. The van der Waals surface area contributed by atoms with Crippen LogP contribution in [0.1, 0.15) is 28.4 Å². The van der Waals surface area contributed by atoms with Gasteiger partial charge in [-0.3, -0.25) is 9.59 Å². The number of hydrogen-bond donors (Lipinski definition) is 2. The van der Waals surface area contributed by atoms with E-state index in [1.165, 1.54) is 6.92 Å². The maximum absolute atomic E-state index is 12.3. The molecule has 0 aliphatic carbocycles. The van der Waals surface area contributed by atoms with Gasteiger partial charge in [0.25, 0.3) is 5.91 Å². The van der Waals surface area contributed by atoms with Gasteiger partial charge in [0.15, 0.2) is 0 Å². The Labute approximate surface area is 134 Å². The van der Waals surface area contributed by atoms with Gasteiger partial charge in [0.1, 0.15) is 0 Å². The number of aryl methyl sites for hydroxylation is 2. The first-order valence-electron chi connectivity index (χ1n) is 6.82. The summed E-state index contributed by atoms with van der Waals surface area (Å²) in [6, 6.07) is 10.5. The molecule has 0 saturated carbocycles. The molecule has 2 rings (SSSR count). The molecule has 0 saturated heterocycles. The molecule has 4 nitrogen and oxygen atoms in total. The van der Waals surface area contributed by atoms with Crippen LogP contribution < -0.4 is 10.6 Å². The van der Waals surface area contributed by atoms with Crippen molar-refractivity contribution in [3.05, 3.63) is 58.1 Å². The molecule has 2 N–H and O–H groups in total. The van der Waals surface area contributed by atoms with E-state index in [9.17, 15) is 9.59 Å². The Kier molecular flexibility index (Phi) is 4.83. The summed E-state index contributed by atoms with van der Waals surface area (Å²) in [6.07, 6.45) is 0. The summed E-state index contributed by atoms with van der Waals surface area (Å²) in [5.74, 6) is -0.432. The zero-order valence-corrected chi connectivity index (χ0v) is 13.4. The molecule has 5 heteroatoms. The molecule has 114 valence electrons. The number of rotatable bonds is 3. The summed E-state index contributed by atoms with van der Waals surface area (Å²) in [6.45, 7) is 5.36. The number of carbonyl (C=O) groups is 2. The monoisotopic (exact) mass is 316 g/mol. The predicted molar refractivity (Wildman–Crippen MR) is 89.6 cm³/mol. The summed E-state index contributed by atoms with van der Waals surface area (Å²) >= 11 is 6.00. The Balaban J connectivity index is 2.21. The number of carbonyl (C=O) groups excluding carboxylic acids is 2. The third-order valence-electron chi connectivity index (χ3n) is 3.30. The van der Waals surface area contributed by atoms with Gasteiger partial charge in [-0.15, -0.1) is 0 Å². The van der Waals surface area contributed by atoms with Crippen LogP contribution in [0, 0.1) is 13.8 Å². The molecular formula is C17H17ClN2O2. The number of nitrogens with one attached hydrogen (secondary N) is 2. The van der Waals surface area contributed by atoms with Gasteiger partial charge in [-0.1, -0.05) is 17.7 Å². The maximum atomic E-state index is 12.3. The summed E-state index contributed by atoms with van der Waals surface area (Å²) in [7, 11) is 0. The van der Waals surface area contributed by atoms with E-state index in [1.54, 1.807) is 24.3 Å². The predicted octanol–water partition coefficient (Wildman–Crippen LogP) is 4.17. The molecule has 22 heavy (non-hydrogen) atoms. The molecule has 2 amide bonds. The first-order chi connectivity index (χ1) is 10.4. The molecule has 0 fully saturated rings. The van der Waals surface area contributed by atoms with Crippen LogP contribution in [0.25, 0.3) is 0 Å². The number of anilines is 2. The van der Waals surface area contributed by atoms with Gasteiger partial charge >= 0.3 is 0 Å². The third-order valence-corrected chi connectivity index (χ3v) is 3.63. The molecule has 0 aromatic heterocycles. The minimum Gasteiger partial charge on any atom is -0.325 e. The van der Waals surface area contributed by atoms with E-state index < -0.39 is 0 Å². The Morgan fingerprint density at radius 3 is 2.32 bits per heavy atom. The molecule has 0 spiro atoms. The fourth-order valence-corrected chi connectivity index (χ4v) is 2.14. The average molecular weight is 317 g/mol. The van der Waals surface area contributed by atoms with E-state index in [2.05, 4.69) is 10.6 Å². The molecular weight excluding hydrogens is 300 g/mol. The Morgan fingerprint density at radius 2 is 1.68 bits per heavy atom. The molecule has 0 aliphatic rings. The normalized spacial score (nSPS) is 10.2. The second-order valence-corrected chi connectivity index (χ2v) is 5.54.